The molecule has 2 heteroatoms. The summed E-state index contributed by atoms with van der Waals surface area (Å²) in [5.41, 5.74) is 2.22. The Labute approximate surface area is 112 Å². The number of hydrogen-bond acceptors (Lipinski definition) is 1. The summed E-state index contributed by atoms with van der Waals surface area (Å²) in [7, 11) is 0. The molecule has 0 bridgehead atoms. The van der Waals surface area contributed by atoms with Crippen LogP contribution in [0.5, 0.6) is 0 Å². The molecule has 0 fully saturated rings. The van der Waals surface area contributed by atoms with Gasteiger partial charge in [0.15, 0.2) is 5.78 Å². The van der Waals surface area contributed by atoms with Crippen LogP contribution in [0.15, 0.2) is 54.6 Å². The Hall–Kier alpha value is -2.22. The van der Waals surface area contributed by atoms with Crippen LogP contribution < -0.4 is 0 Å². The van der Waals surface area contributed by atoms with Gasteiger partial charge in [-0.25, -0.2) is 4.39 Å². The average Bonchev–Trinajstić information content (AvgIpc) is 2.46. The summed E-state index contributed by atoms with van der Waals surface area (Å²) in [6.07, 6.45) is 3.85. The standard InChI is InChI=1S/C17H15FO/c1-2-13-7-9-15(10-8-13)17(19)12-11-14-5-3-4-6-16(14)18/h3-12H,2H2,1H3/b12-11+. The predicted octanol–water partition coefficient (Wildman–Crippen LogP) is 4.28. The van der Waals surface area contributed by atoms with Crippen molar-refractivity contribution in [1.82, 2.24) is 0 Å². The monoisotopic (exact) mass is 254 g/mol. The van der Waals surface area contributed by atoms with Crippen LogP contribution in [0, 0.1) is 5.82 Å². The average molecular weight is 254 g/mol. The Morgan fingerprint density at radius 1 is 1.11 bits per heavy atom. The van der Waals surface area contributed by atoms with Gasteiger partial charge in [0.1, 0.15) is 5.82 Å². The molecule has 0 saturated carbocycles. The minimum Gasteiger partial charge on any atom is -0.289 e. The first-order chi connectivity index (χ1) is 9.20. The van der Waals surface area contributed by atoms with Crippen molar-refractivity contribution in [2.75, 3.05) is 0 Å². The fraction of sp³-hybridized carbons (Fsp3) is 0.118. The highest BCUT2D eigenvalue weighted by atomic mass is 19.1. The van der Waals surface area contributed by atoms with Gasteiger partial charge in [0.25, 0.3) is 0 Å². The lowest BCUT2D eigenvalue weighted by molar-refractivity contribution is 0.104. The summed E-state index contributed by atoms with van der Waals surface area (Å²) < 4.78 is 13.4. The van der Waals surface area contributed by atoms with Crippen LogP contribution in [0.25, 0.3) is 6.08 Å². The van der Waals surface area contributed by atoms with Gasteiger partial charge in [-0.05, 0) is 30.2 Å². The third-order valence-electron chi connectivity index (χ3n) is 2.97. The fourth-order valence-corrected chi connectivity index (χ4v) is 1.78. The van der Waals surface area contributed by atoms with Crippen LogP contribution in [-0.2, 0) is 6.42 Å². The van der Waals surface area contributed by atoms with Crippen LogP contribution in [0.1, 0.15) is 28.4 Å². The molecule has 0 aliphatic rings. The second-order valence-electron chi connectivity index (χ2n) is 4.27. The number of hydrogen-bond donors (Lipinski definition) is 0. The van der Waals surface area contributed by atoms with Gasteiger partial charge in [0.2, 0.25) is 0 Å². The Kier molecular flexibility index (Phi) is 4.24. The molecule has 96 valence electrons. The van der Waals surface area contributed by atoms with Crippen molar-refractivity contribution in [3.63, 3.8) is 0 Å². The van der Waals surface area contributed by atoms with Gasteiger partial charge in [-0.15, -0.1) is 0 Å². The maximum atomic E-state index is 13.4. The van der Waals surface area contributed by atoms with Crippen molar-refractivity contribution >= 4 is 11.9 Å². The third-order valence-corrected chi connectivity index (χ3v) is 2.97. The van der Waals surface area contributed by atoms with Crippen molar-refractivity contribution in [2.24, 2.45) is 0 Å². The number of rotatable bonds is 4. The minimum atomic E-state index is -0.326. The molecule has 2 aromatic rings. The molecule has 0 unspecified atom stereocenters. The number of ketones is 1. The molecule has 0 aliphatic carbocycles. The summed E-state index contributed by atoms with van der Waals surface area (Å²) in [5, 5.41) is 0. The van der Waals surface area contributed by atoms with E-state index in [0.717, 1.165) is 6.42 Å². The van der Waals surface area contributed by atoms with Gasteiger partial charge in [-0.2, -0.15) is 0 Å². The smallest absolute Gasteiger partial charge is 0.185 e. The normalized spacial score (nSPS) is 10.8. The van der Waals surface area contributed by atoms with E-state index in [1.165, 1.54) is 23.8 Å². The Morgan fingerprint density at radius 3 is 2.42 bits per heavy atom. The minimum absolute atomic E-state index is 0.120. The molecule has 0 saturated heterocycles. The Bertz CT molecular complexity index is 597. The number of aryl methyl sites for hydroxylation is 1. The first-order valence-electron chi connectivity index (χ1n) is 6.26. The van der Waals surface area contributed by atoms with Gasteiger partial charge < -0.3 is 0 Å². The fourth-order valence-electron chi connectivity index (χ4n) is 1.78. The van der Waals surface area contributed by atoms with Crippen LogP contribution in [0.2, 0.25) is 0 Å². The highest BCUT2D eigenvalue weighted by Crippen LogP contribution is 2.10. The van der Waals surface area contributed by atoms with E-state index < -0.39 is 0 Å². The number of allylic oxidation sites excluding steroid dienone is 1. The number of carbonyl (C=O) groups is 1. The molecule has 0 atom stereocenters. The van der Waals surface area contributed by atoms with Crippen molar-refractivity contribution < 1.29 is 9.18 Å². The highest BCUT2D eigenvalue weighted by molar-refractivity contribution is 6.06. The number of carbonyl (C=O) groups excluding carboxylic acids is 1. The second kappa shape index (κ2) is 6.10. The van der Waals surface area contributed by atoms with E-state index in [2.05, 4.69) is 6.92 Å². The number of halogens is 1. The number of benzene rings is 2. The molecule has 0 spiro atoms. The summed E-state index contributed by atoms with van der Waals surface area (Å²) in [5.74, 6) is -0.446. The van der Waals surface area contributed by atoms with Crippen molar-refractivity contribution in [3.8, 4) is 0 Å². The van der Waals surface area contributed by atoms with Gasteiger partial charge >= 0.3 is 0 Å². The van der Waals surface area contributed by atoms with E-state index >= 15 is 0 Å². The van der Waals surface area contributed by atoms with E-state index in [9.17, 15) is 9.18 Å². The van der Waals surface area contributed by atoms with Crippen molar-refractivity contribution in [2.45, 2.75) is 13.3 Å². The van der Waals surface area contributed by atoms with Gasteiger partial charge in [0.05, 0.1) is 0 Å². The van der Waals surface area contributed by atoms with E-state index in [1.807, 2.05) is 12.1 Å². The van der Waals surface area contributed by atoms with Gasteiger partial charge in [0, 0.05) is 11.1 Å². The highest BCUT2D eigenvalue weighted by Gasteiger charge is 2.02. The van der Waals surface area contributed by atoms with E-state index in [-0.39, 0.29) is 11.6 Å². The molecule has 0 heterocycles. The molecular formula is C17H15FO. The van der Waals surface area contributed by atoms with E-state index in [0.29, 0.717) is 11.1 Å². The maximum Gasteiger partial charge on any atom is 0.185 e. The van der Waals surface area contributed by atoms with Crippen LogP contribution in [-0.4, -0.2) is 5.78 Å². The quantitative estimate of drug-likeness (QED) is 0.587. The second-order valence-corrected chi connectivity index (χ2v) is 4.27. The topological polar surface area (TPSA) is 17.1 Å². The molecule has 0 amide bonds. The summed E-state index contributed by atoms with van der Waals surface area (Å²) in [6, 6.07) is 13.8. The molecule has 19 heavy (non-hydrogen) atoms. The summed E-state index contributed by atoms with van der Waals surface area (Å²) in [6.45, 7) is 2.06. The maximum absolute atomic E-state index is 13.4. The van der Waals surface area contributed by atoms with Gasteiger partial charge in [-0.1, -0.05) is 49.4 Å². The zero-order valence-corrected chi connectivity index (χ0v) is 10.8. The molecule has 0 aromatic heterocycles. The van der Waals surface area contributed by atoms with Gasteiger partial charge in [-0.3, -0.25) is 4.79 Å². The third kappa shape index (κ3) is 3.38. The van der Waals surface area contributed by atoms with Crippen LogP contribution in [0.3, 0.4) is 0 Å². The summed E-state index contributed by atoms with van der Waals surface area (Å²) in [4.78, 5) is 11.9. The molecule has 0 aliphatic heterocycles. The SMILES string of the molecule is CCc1ccc(C(=O)/C=C/c2ccccc2F)cc1. The molecular weight excluding hydrogens is 239 g/mol. The van der Waals surface area contributed by atoms with Crippen molar-refractivity contribution in [3.05, 3.63) is 77.1 Å². The lowest BCUT2D eigenvalue weighted by Crippen LogP contribution is -1.94. The van der Waals surface area contributed by atoms with Crippen molar-refractivity contribution in [1.29, 1.82) is 0 Å². The zero-order valence-electron chi connectivity index (χ0n) is 10.8. The lowest BCUT2D eigenvalue weighted by Gasteiger charge is -1.99. The largest absolute Gasteiger partial charge is 0.289 e. The summed E-state index contributed by atoms with van der Waals surface area (Å²) >= 11 is 0. The Morgan fingerprint density at radius 2 is 1.79 bits per heavy atom. The van der Waals surface area contributed by atoms with E-state index in [4.69, 9.17) is 0 Å². The molecule has 2 rings (SSSR count). The molecule has 2 aromatic carbocycles. The molecule has 0 N–H and O–H groups in total. The first-order valence-corrected chi connectivity index (χ1v) is 6.26. The predicted molar refractivity (Wildman–Crippen MR) is 75.6 cm³/mol. The molecule has 1 nitrogen and oxygen atoms in total. The van der Waals surface area contributed by atoms with Crippen LogP contribution in [0.4, 0.5) is 4.39 Å². The first kappa shape index (κ1) is 13.2. The van der Waals surface area contributed by atoms with E-state index in [1.54, 1.807) is 30.3 Å². The van der Waals surface area contributed by atoms with Crippen LogP contribution >= 0.6 is 0 Å². The molecule has 0 radical (unpaired) electrons. The lowest BCUT2D eigenvalue weighted by atomic mass is 10.1. The zero-order chi connectivity index (χ0) is 13.7. The Balaban J connectivity index is 2.14.